The number of rotatable bonds is 6. The van der Waals surface area contributed by atoms with Crippen LogP contribution in [0.5, 0.6) is 11.5 Å². The number of aromatic nitrogens is 2. The molecule has 0 aliphatic carbocycles. The normalized spacial score (nSPS) is 13.3. The molecular formula is C22H23N5O4S. The molecule has 1 unspecified atom stereocenters. The second kappa shape index (κ2) is 9.55. The molecule has 0 radical (unpaired) electrons. The van der Waals surface area contributed by atoms with Crippen molar-refractivity contribution >= 4 is 27.2 Å². The molecule has 9 nitrogen and oxygen atoms in total. The molecule has 0 fully saturated rings. The van der Waals surface area contributed by atoms with Crippen LogP contribution in [0.1, 0.15) is 18.1 Å². The average molecular weight is 454 g/mol. The fraction of sp³-hybridized carbons (Fsp3) is 0.182. The summed E-state index contributed by atoms with van der Waals surface area (Å²) in [5, 5.41) is 35.0. The van der Waals surface area contributed by atoms with Crippen molar-refractivity contribution in [2.24, 2.45) is 0 Å². The smallest absolute Gasteiger partial charge is 0.229 e. The molecule has 0 aliphatic heterocycles. The van der Waals surface area contributed by atoms with E-state index in [-0.39, 0.29) is 35.7 Å². The monoisotopic (exact) mass is 453 g/mol. The Balaban J connectivity index is 1.91. The van der Waals surface area contributed by atoms with Crippen molar-refractivity contribution in [3.63, 3.8) is 0 Å². The van der Waals surface area contributed by atoms with Gasteiger partial charge in [0.2, 0.25) is 5.95 Å². The molecule has 0 bridgehead atoms. The summed E-state index contributed by atoms with van der Waals surface area (Å²) in [6, 6.07) is 10.8. The van der Waals surface area contributed by atoms with Gasteiger partial charge in [-0.15, -0.1) is 0 Å². The number of aliphatic hydroxyl groups excluding tert-OH is 1. The Morgan fingerprint density at radius 1 is 1.12 bits per heavy atom. The minimum absolute atomic E-state index is 0.127. The number of hydrogen-bond acceptors (Lipinski definition) is 9. The van der Waals surface area contributed by atoms with E-state index in [1.807, 2.05) is 0 Å². The van der Waals surface area contributed by atoms with E-state index in [0.717, 1.165) is 0 Å². The third-order valence-electron chi connectivity index (χ3n) is 4.35. The summed E-state index contributed by atoms with van der Waals surface area (Å²) >= 11 is 0. The Morgan fingerprint density at radius 2 is 1.81 bits per heavy atom. The van der Waals surface area contributed by atoms with Crippen molar-refractivity contribution in [1.29, 1.82) is 4.78 Å². The van der Waals surface area contributed by atoms with Gasteiger partial charge in [0.05, 0.1) is 33.7 Å². The molecule has 0 saturated heterocycles. The molecule has 1 aromatic heterocycles. The Morgan fingerprint density at radius 3 is 2.47 bits per heavy atom. The van der Waals surface area contributed by atoms with Gasteiger partial charge in [-0.2, -0.15) is 4.98 Å². The first-order chi connectivity index (χ1) is 15.2. The van der Waals surface area contributed by atoms with Crippen molar-refractivity contribution in [3.05, 3.63) is 59.8 Å². The molecule has 2 atom stereocenters. The third-order valence-corrected chi connectivity index (χ3v) is 5.52. The predicted octanol–water partition coefficient (Wildman–Crippen LogP) is 2.86. The summed E-state index contributed by atoms with van der Waals surface area (Å²) < 4.78 is 19.5. The summed E-state index contributed by atoms with van der Waals surface area (Å²) in [5.41, 5.74) is 1.31. The van der Waals surface area contributed by atoms with E-state index in [9.17, 15) is 19.5 Å². The standard InChI is InChI=1S/C22H23N5O4S/c1-14(13-28)25-21-16(7-6-15-4-3-5-19(29)20(15)30)12-24-22(27-21)26-17-8-10-18(11-9-17)32(2,23)31/h3-5,8-12,14,23,28-30H,13H2,1-2H3,(H2,24,25,26,27)/t14-,32?/m1/s1. The topological polar surface area (TPSA) is 151 Å². The van der Waals surface area contributed by atoms with Crippen LogP contribution in [0.3, 0.4) is 0 Å². The zero-order valence-corrected chi connectivity index (χ0v) is 18.3. The van der Waals surface area contributed by atoms with E-state index in [1.165, 1.54) is 18.5 Å². The van der Waals surface area contributed by atoms with E-state index in [2.05, 4.69) is 32.4 Å². The van der Waals surface area contributed by atoms with Gasteiger partial charge in [0, 0.05) is 22.9 Å². The maximum absolute atomic E-state index is 11.8. The molecule has 32 heavy (non-hydrogen) atoms. The number of phenolic OH excluding ortho intramolecular Hbond substituents is 2. The molecule has 3 rings (SSSR count). The Hall–Kier alpha value is -3.81. The number of aromatic hydroxyl groups is 2. The maximum Gasteiger partial charge on any atom is 0.229 e. The van der Waals surface area contributed by atoms with Crippen molar-refractivity contribution in [2.75, 3.05) is 23.5 Å². The molecule has 0 amide bonds. The van der Waals surface area contributed by atoms with Crippen LogP contribution >= 0.6 is 0 Å². The largest absolute Gasteiger partial charge is 0.504 e. The van der Waals surface area contributed by atoms with E-state index in [0.29, 0.717) is 22.0 Å². The van der Waals surface area contributed by atoms with Crippen molar-refractivity contribution in [2.45, 2.75) is 17.9 Å². The molecule has 0 saturated carbocycles. The van der Waals surface area contributed by atoms with Gasteiger partial charge >= 0.3 is 0 Å². The van der Waals surface area contributed by atoms with E-state index >= 15 is 0 Å². The number of nitrogens with zero attached hydrogens (tertiary/aromatic N) is 2. The molecule has 0 aliphatic rings. The fourth-order valence-electron chi connectivity index (χ4n) is 2.62. The van der Waals surface area contributed by atoms with Gasteiger partial charge in [-0.3, -0.25) is 0 Å². The van der Waals surface area contributed by atoms with Crippen molar-refractivity contribution in [1.82, 2.24) is 9.97 Å². The van der Waals surface area contributed by atoms with Crippen molar-refractivity contribution < 1.29 is 19.5 Å². The first kappa shape index (κ1) is 22.9. The number of para-hydroxylation sites is 1. The van der Waals surface area contributed by atoms with Gasteiger partial charge in [0.1, 0.15) is 5.82 Å². The molecule has 166 valence electrons. The van der Waals surface area contributed by atoms with Gasteiger partial charge in [0.25, 0.3) is 0 Å². The van der Waals surface area contributed by atoms with Gasteiger partial charge in [-0.05, 0) is 43.3 Å². The molecule has 0 spiro atoms. The highest BCUT2D eigenvalue weighted by atomic mass is 32.2. The van der Waals surface area contributed by atoms with Gasteiger partial charge in [-0.1, -0.05) is 17.9 Å². The van der Waals surface area contributed by atoms with Crippen LogP contribution in [0.15, 0.2) is 53.6 Å². The Kier molecular flexibility index (Phi) is 6.82. The number of hydrogen-bond donors (Lipinski definition) is 6. The van der Waals surface area contributed by atoms with E-state index in [4.69, 9.17) is 4.78 Å². The lowest BCUT2D eigenvalue weighted by molar-refractivity contribution is 0.281. The lowest BCUT2D eigenvalue weighted by Crippen LogP contribution is -2.21. The van der Waals surface area contributed by atoms with Crippen LogP contribution < -0.4 is 10.6 Å². The number of nitrogens with one attached hydrogen (secondary N) is 3. The number of benzene rings is 2. The minimum Gasteiger partial charge on any atom is -0.504 e. The predicted molar refractivity (Wildman–Crippen MR) is 123 cm³/mol. The highest BCUT2D eigenvalue weighted by molar-refractivity contribution is 7.91. The maximum atomic E-state index is 11.8. The first-order valence-corrected chi connectivity index (χ1v) is 11.5. The molecule has 2 aromatic carbocycles. The van der Waals surface area contributed by atoms with Crippen LogP contribution in [0.4, 0.5) is 17.5 Å². The highest BCUT2D eigenvalue weighted by Gasteiger charge is 2.10. The SMILES string of the molecule is C[C@H](CO)Nc1nc(Nc2ccc(S(C)(=N)=O)cc2)ncc1C#Cc1cccc(O)c1O. The molecule has 1 heterocycles. The average Bonchev–Trinajstić information content (AvgIpc) is 2.75. The summed E-state index contributed by atoms with van der Waals surface area (Å²) in [7, 11) is -2.80. The lowest BCUT2D eigenvalue weighted by Gasteiger charge is -2.14. The molecule has 10 heteroatoms. The Labute approximate surface area is 186 Å². The van der Waals surface area contributed by atoms with Crippen LogP contribution in [0, 0.1) is 16.6 Å². The summed E-state index contributed by atoms with van der Waals surface area (Å²) in [5.74, 6) is 5.71. The summed E-state index contributed by atoms with van der Waals surface area (Å²) in [6.45, 7) is 1.65. The second-order valence-corrected chi connectivity index (χ2v) is 9.26. The Bertz CT molecular complexity index is 1280. The minimum atomic E-state index is -2.80. The van der Waals surface area contributed by atoms with Gasteiger partial charge in [0.15, 0.2) is 11.5 Å². The van der Waals surface area contributed by atoms with Crippen molar-refractivity contribution in [3.8, 4) is 23.3 Å². The number of phenols is 2. The summed E-state index contributed by atoms with van der Waals surface area (Å²) in [4.78, 5) is 9.11. The second-order valence-electron chi connectivity index (χ2n) is 7.10. The van der Waals surface area contributed by atoms with E-state index < -0.39 is 9.73 Å². The first-order valence-electron chi connectivity index (χ1n) is 9.55. The number of aliphatic hydroxyl groups is 1. The van der Waals surface area contributed by atoms with Crippen LogP contribution in [-0.2, 0) is 9.73 Å². The van der Waals surface area contributed by atoms with Crippen LogP contribution in [0.2, 0.25) is 0 Å². The molecule has 3 aromatic rings. The summed E-state index contributed by atoms with van der Waals surface area (Å²) in [6.07, 6.45) is 2.85. The zero-order chi connectivity index (χ0) is 23.3. The molecule has 6 N–H and O–H groups in total. The fourth-order valence-corrected chi connectivity index (χ4v) is 3.27. The quantitative estimate of drug-likeness (QED) is 0.246. The lowest BCUT2D eigenvalue weighted by atomic mass is 10.1. The van der Waals surface area contributed by atoms with Gasteiger partial charge in [-0.25, -0.2) is 14.0 Å². The highest BCUT2D eigenvalue weighted by Crippen LogP contribution is 2.27. The van der Waals surface area contributed by atoms with E-state index in [1.54, 1.807) is 43.3 Å². The van der Waals surface area contributed by atoms with Gasteiger partial charge < -0.3 is 26.0 Å². The molecular weight excluding hydrogens is 430 g/mol. The van der Waals surface area contributed by atoms with Crippen LogP contribution in [-0.4, -0.2) is 48.4 Å². The number of anilines is 3. The third kappa shape index (κ3) is 5.66. The van der Waals surface area contributed by atoms with Crippen LogP contribution in [0.25, 0.3) is 0 Å². The zero-order valence-electron chi connectivity index (χ0n) is 17.5.